The maximum Gasteiger partial charge on any atom is 0.412 e. The number of carboxylic acids is 1. The molecule has 0 radical (unpaired) electrons. The molecule has 2 N–H and O–H groups in total. The normalized spacial score (nSPS) is 9.83. The lowest BCUT2D eigenvalue weighted by Crippen LogP contribution is -2.15. The standard InChI is InChI=1S/C18H17NO5/c1-2-10-23-18(22)19-15-11-14(17(20)21)8-9-16(15)24-12-13-6-4-3-5-7-13/h2-9,11H,1,10,12H2,(H,19,22)(H,20,21). The zero-order chi connectivity index (χ0) is 17.4. The Morgan fingerprint density at radius 1 is 1.17 bits per heavy atom. The molecule has 0 aliphatic rings. The molecule has 0 aromatic heterocycles. The van der Waals surface area contributed by atoms with Crippen LogP contribution in [0.4, 0.5) is 10.5 Å². The summed E-state index contributed by atoms with van der Waals surface area (Å²) in [5.74, 6) is -0.758. The predicted molar refractivity (Wildman–Crippen MR) is 89.3 cm³/mol. The van der Waals surface area contributed by atoms with E-state index in [1.807, 2.05) is 30.3 Å². The highest BCUT2D eigenvalue weighted by Crippen LogP contribution is 2.27. The Labute approximate surface area is 139 Å². The number of carbonyl (C=O) groups is 2. The van der Waals surface area contributed by atoms with Gasteiger partial charge in [-0.3, -0.25) is 5.32 Å². The Morgan fingerprint density at radius 3 is 2.58 bits per heavy atom. The number of ether oxygens (including phenoxy) is 2. The van der Waals surface area contributed by atoms with Gasteiger partial charge in [-0.25, -0.2) is 9.59 Å². The fraction of sp³-hybridized carbons (Fsp3) is 0.111. The Morgan fingerprint density at radius 2 is 1.92 bits per heavy atom. The van der Waals surface area contributed by atoms with Crippen LogP contribution in [-0.4, -0.2) is 23.8 Å². The van der Waals surface area contributed by atoms with Crippen molar-refractivity contribution in [2.75, 3.05) is 11.9 Å². The number of hydrogen-bond acceptors (Lipinski definition) is 4. The molecule has 0 saturated carbocycles. The first kappa shape index (κ1) is 17.1. The van der Waals surface area contributed by atoms with Gasteiger partial charge in [0.05, 0.1) is 11.3 Å². The average molecular weight is 327 g/mol. The van der Waals surface area contributed by atoms with Gasteiger partial charge in [0.25, 0.3) is 0 Å². The highest BCUT2D eigenvalue weighted by atomic mass is 16.5. The van der Waals surface area contributed by atoms with Crippen molar-refractivity contribution in [3.63, 3.8) is 0 Å². The molecule has 24 heavy (non-hydrogen) atoms. The van der Waals surface area contributed by atoms with Crippen LogP contribution in [0.15, 0.2) is 61.2 Å². The minimum absolute atomic E-state index is 0.0288. The van der Waals surface area contributed by atoms with Gasteiger partial charge in [0.15, 0.2) is 0 Å². The number of aromatic carboxylic acids is 1. The predicted octanol–water partition coefficient (Wildman–Crippen LogP) is 3.70. The Kier molecular flexibility index (Phi) is 5.96. The highest BCUT2D eigenvalue weighted by molar-refractivity contribution is 5.93. The van der Waals surface area contributed by atoms with Gasteiger partial charge in [0.2, 0.25) is 0 Å². The third-order valence-corrected chi connectivity index (χ3v) is 3.03. The fourth-order valence-electron chi connectivity index (χ4n) is 1.90. The second-order valence-corrected chi connectivity index (χ2v) is 4.80. The van der Waals surface area contributed by atoms with E-state index in [2.05, 4.69) is 11.9 Å². The van der Waals surface area contributed by atoms with Crippen LogP contribution in [0.25, 0.3) is 0 Å². The summed E-state index contributed by atoms with van der Waals surface area (Å²) >= 11 is 0. The van der Waals surface area contributed by atoms with E-state index in [1.54, 1.807) is 0 Å². The van der Waals surface area contributed by atoms with E-state index < -0.39 is 12.1 Å². The number of carbonyl (C=O) groups excluding carboxylic acids is 1. The molecular weight excluding hydrogens is 310 g/mol. The van der Waals surface area contributed by atoms with E-state index >= 15 is 0 Å². The van der Waals surface area contributed by atoms with Crippen molar-refractivity contribution in [1.29, 1.82) is 0 Å². The maximum absolute atomic E-state index is 11.7. The molecule has 0 saturated heterocycles. The maximum atomic E-state index is 11.7. The largest absolute Gasteiger partial charge is 0.487 e. The molecule has 0 atom stereocenters. The van der Waals surface area contributed by atoms with Gasteiger partial charge >= 0.3 is 12.1 Å². The van der Waals surface area contributed by atoms with E-state index in [1.165, 1.54) is 24.3 Å². The molecule has 1 amide bonds. The third-order valence-electron chi connectivity index (χ3n) is 3.03. The summed E-state index contributed by atoms with van der Waals surface area (Å²) in [5, 5.41) is 11.6. The van der Waals surface area contributed by atoms with Crippen molar-refractivity contribution >= 4 is 17.7 Å². The number of anilines is 1. The van der Waals surface area contributed by atoms with Crippen molar-refractivity contribution < 1.29 is 24.2 Å². The molecular formula is C18H17NO5. The minimum Gasteiger partial charge on any atom is -0.487 e. The number of rotatable bonds is 7. The van der Waals surface area contributed by atoms with Crippen LogP contribution >= 0.6 is 0 Å². The Hall–Kier alpha value is -3.28. The summed E-state index contributed by atoms with van der Waals surface area (Å²) in [5.41, 5.74) is 1.20. The van der Waals surface area contributed by atoms with Gasteiger partial charge < -0.3 is 14.6 Å². The van der Waals surface area contributed by atoms with Crippen LogP contribution in [0.2, 0.25) is 0 Å². The SMILES string of the molecule is C=CCOC(=O)Nc1cc(C(=O)O)ccc1OCc1ccccc1. The molecule has 2 aromatic carbocycles. The van der Waals surface area contributed by atoms with Crippen LogP contribution < -0.4 is 10.1 Å². The van der Waals surface area contributed by atoms with Crippen molar-refractivity contribution in [2.24, 2.45) is 0 Å². The molecule has 0 fully saturated rings. The summed E-state index contributed by atoms with van der Waals surface area (Å²) in [7, 11) is 0. The molecule has 0 spiro atoms. The van der Waals surface area contributed by atoms with Crippen molar-refractivity contribution in [1.82, 2.24) is 0 Å². The smallest absolute Gasteiger partial charge is 0.412 e. The van der Waals surface area contributed by atoms with Crippen molar-refractivity contribution in [3.05, 3.63) is 72.3 Å². The number of amides is 1. The second kappa shape index (κ2) is 8.38. The lowest BCUT2D eigenvalue weighted by molar-refractivity contribution is 0.0696. The Bertz CT molecular complexity index is 727. The molecule has 2 aromatic rings. The van der Waals surface area contributed by atoms with Gasteiger partial charge in [0, 0.05) is 0 Å². The lowest BCUT2D eigenvalue weighted by Gasteiger charge is -2.13. The number of hydrogen-bond donors (Lipinski definition) is 2. The molecule has 0 aliphatic carbocycles. The number of carboxylic acid groups (broad SMARTS) is 1. The van der Waals surface area contributed by atoms with E-state index in [0.717, 1.165) is 5.56 Å². The molecule has 0 bridgehead atoms. The van der Waals surface area contributed by atoms with Crippen molar-refractivity contribution in [3.8, 4) is 5.75 Å². The fourth-order valence-corrected chi connectivity index (χ4v) is 1.90. The quantitative estimate of drug-likeness (QED) is 0.757. The molecule has 0 aliphatic heterocycles. The molecule has 0 unspecified atom stereocenters. The summed E-state index contributed by atoms with van der Waals surface area (Å²) < 4.78 is 10.5. The summed E-state index contributed by atoms with van der Waals surface area (Å²) in [4.78, 5) is 22.8. The van der Waals surface area contributed by atoms with Crippen molar-refractivity contribution in [2.45, 2.75) is 6.61 Å². The van der Waals surface area contributed by atoms with Gasteiger partial charge in [-0.05, 0) is 23.8 Å². The summed E-state index contributed by atoms with van der Waals surface area (Å²) in [6.07, 6.45) is 0.710. The molecule has 6 heteroatoms. The van der Waals surface area contributed by atoms with Gasteiger partial charge in [-0.1, -0.05) is 43.0 Å². The molecule has 124 valence electrons. The summed E-state index contributed by atoms with van der Waals surface area (Å²) in [6, 6.07) is 13.7. The monoisotopic (exact) mass is 327 g/mol. The van der Waals surface area contributed by atoms with Gasteiger partial charge in [-0.15, -0.1) is 0 Å². The average Bonchev–Trinajstić information content (AvgIpc) is 2.59. The molecule has 6 nitrogen and oxygen atoms in total. The van der Waals surface area contributed by atoms with Crippen LogP contribution in [-0.2, 0) is 11.3 Å². The summed E-state index contributed by atoms with van der Waals surface area (Å²) in [6.45, 7) is 3.78. The molecule has 0 heterocycles. The molecule has 2 rings (SSSR count). The lowest BCUT2D eigenvalue weighted by atomic mass is 10.2. The van der Waals surface area contributed by atoms with Crippen LogP contribution in [0.3, 0.4) is 0 Å². The number of nitrogens with one attached hydrogen (secondary N) is 1. The zero-order valence-corrected chi connectivity index (χ0v) is 12.9. The first-order valence-electron chi connectivity index (χ1n) is 7.19. The van der Waals surface area contributed by atoms with E-state index in [-0.39, 0.29) is 24.5 Å². The van der Waals surface area contributed by atoms with Gasteiger partial charge in [0.1, 0.15) is 19.0 Å². The third kappa shape index (κ3) is 4.88. The second-order valence-electron chi connectivity index (χ2n) is 4.80. The van der Waals surface area contributed by atoms with E-state index in [0.29, 0.717) is 5.75 Å². The van der Waals surface area contributed by atoms with E-state index in [9.17, 15) is 9.59 Å². The van der Waals surface area contributed by atoms with Crippen LogP contribution in [0.1, 0.15) is 15.9 Å². The first-order valence-corrected chi connectivity index (χ1v) is 7.19. The minimum atomic E-state index is -1.10. The highest BCUT2D eigenvalue weighted by Gasteiger charge is 2.13. The van der Waals surface area contributed by atoms with E-state index in [4.69, 9.17) is 14.6 Å². The zero-order valence-electron chi connectivity index (χ0n) is 12.9. The van der Waals surface area contributed by atoms with Crippen LogP contribution in [0, 0.1) is 0 Å². The Balaban J connectivity index is 2.17. The van der Waals surface area contributed by atoms with Gasteiger partial charge in [-0.2, -0.15) is 0 Å². The topological polar surface area (TPSA) is 84.9 Å². The van der Waals surface area contributed by atoms with Crippen LogP contribution in [0.5, 0.6) is 5.75 Å². The number of benzene rings is 2. The first-order chi connectivity index (χ1) is 11.6.